The smallest absolute Gasteiger partial charge is 0.387 e. The van der Waals surface area contributed by atoms with E-state index in [1.165, 1.54) is 29.5 Å². The maximum absolute atomic E-state index is 12.6. The highest BCUT2D eigenvalue weighted by Gasteiger charge is 2.20. The number of ether oxygens (including phenoxy) is 1. The minimum absolute atomic E-state index is 0.0269. The molecule has 2 aromatic carbocycles. The molecule has 28 heavy (non-hydrogen) atoms. The molecule has 0 N–H and O–H groups in total. The average molecular weight is 404 g/mol. The lowest BCUT2D eigenvalue weighted by Gasteiger charge is -2.08. The molecule has 146 valence electrons. The first-order valence-electron chi connectivity index (χ1n) is 8.65. The van der Waals surface area contributed by atoms with Gasteiger partial charge in [0.15, 0.2) is 5.78 Å². The lowest BCUT2D eigenvalue weighted by molar-refractivity contribution is -0.0498. The summed E-state index contributed by atoms with van der Waals surface area (Å²) in [5.41, 5.74) is 2.37. The van der Waals surface area contributed by atoms with Crippen molar-refractivity contribution in [2.75, 3.05) is 0 Å². The van der Waals surface area contributed by atoms with Gasteiger partial charge in [0.1, 0.15) is 5.75 Å². The number of rotatable bonds is 8. The second-order valence-corrected chi connectivity index (χ2v) is 7.24. The normalized spacial score (nSPS) is 12.2. The Bertz CT molecular complexity index is 927. The summed E-state index contributed by atoms with van der Waals surface area (Å²) in [5.74, 6) is 0.250. The first-order chi connectivity index (χ1) is 13.5. The number of carbonyl (C=O) groups is 1. The van der Waals surface area contributed by atoms with Crippen LogP contribution in [0.4, 0.5) is 8.78 Å². The van der Waals surface area contributed by atoms with Crippen LogP contribution < -0.4 is 4.74 Å². The summed E-state index contributed by atoms with van der Waals surface area (Å²) in [6.45, 7) is 0.956. The number of carbonyl (C=O) groups excluding carboxylic acids is 1. The standard InChI is InChI=1S/C20H18F2N2O3S/c1-3-13-4-6-14(7-5-13)17(25)12(2)28-20-24-23-18(27-20)15-8-10-16(11-9-15)26-19(21)22/h4-12,19H,3H2,1-2H3. The molecule has 1 aromatic heterocycles. The molecule has 0 amide bonds. The third kappa shape index (κ3) is 4.95. The van der Waals surface area contributed by atoms with Crippen molar-refractivity contribution in [2.45, 2.75) is 37.4 Å². The van der Waals surface area contributed by atoms with Gasteiger partial charge in [-0.05, 0) is 43.2 Å². The number of Topliss-reactive ketones (excluding diaryl/α,β-unsaturated/α-hetero) is 1. The van der Waals surface area contributed by atoms with Gasteiger partial charge in [-0.1, -0.05) is 43.0 Å². The quantitative estimate of drug-likeness (QED) is 0.377. The number of benzene rings is 2. The topological polar surface area (TPSA) is 65.2 Å². The first kappa shape index (κ1) is 20.0. The van der Waals surface area contributed by atoms with Crippen molar-refractivity contribution in [1.82, 2.24) is 10.2 Å². The summed E-state index contributed by atoms with van der Waals surface area (Å²) in [6.07, 6.45) is 0.915. The molecule has 0 fully saturated rings. The van der Waals surface area contributed by atoms with Crippen LogP contribution in [0, 0.1) is 0 Å². The Morgan fingerprint density at radius 1 is 1.11 bits per heavy atom. The maximum atomic E-state index is 12.6. The van der Waals surface area contributed by atoms with Gasteiger partial charge in [0, 0.05) is 11.1 Å². The van der Waals surface area contributed by atoms with Gasteiger partial charge < -0.3 is 9.15 Å². The van der Waals surface area contributed by atoms with E-state index in [0.29, 0.717) is 11.1 Å². The molecule has 1 atom stereocenters. The van der Waals surface area contributed by atoms with Crippen molar-refractivity contribution in [3.8, 4) is 17.2 Å². The van der Waals surface area contributed by atoms with Crippen LogP contribution in [0.2, 0.25) is 0 Å². The van der Waals surface area contributed by atoms with Crippen LogP contribution in [0.1, 0.15) is 29.8 Å². The summed E-state index contributed by atoms with van der Waals surface area (Å²) >= 11 is 1.17. The molecule has 0 saturated heterocycles. The molecule has 1 heterocycles. The van der Waals surface area contributed by atoms with Gasteiger partial charge >= 0.3 is 6.61 Å². The maximum Gasteiger partial charge on any atom is 0.387 e. The van der Waals surface area contributed by atoms with E-state index in [1.54, 1.807) is 19.1 Å². The fourth-order valence-corrected chi connectivity index (χ4v) is 3.26. The third-order valence-corrected chi connectivity index (χ3v) is 4.96. The molecule has 8 heteroatoms. The number of ketones is 1. The summed E-state index contributed by atoms with van der Waals surface area (Å²) in [7, 11) is 0. The van der Waals surface area contributed by atoms with E-state index in [0.717, 1.165) is 6.42 Å². The van der Waals surface area contributed by atoms with Crippen LogP contribution >= 0.6 is 11.8 Å². The molecule has 0 spiro atoms. The predicted octanol–water partition coefficient (Wildman–Crippen LogP) is 5.26. The highest BCUT2D eigenvalue weighted by molar-refractivity contribution is 8.00. The van der Waals surface area contributed by atoms with Crippen molar-refractivity contribution in [3.05, 3.63) is 59.7 Å². The minimum atomic E-state index is -2.88. The van der Waals surface area contributed by atoms with E-state index < -0.39 is 11.9 Å². The van der Waals surface area contributed by atoms with Gasteiger partial charge in [0.05, 0.1) is 5.25 Å². The fourth-order valence-electron chi connectivity index (χ4n) is 2.50. The number of alkyl halides is 2. The van der Waals surface area contributed by atoms with E-state index in [2.05, 4.69) is 21.9 Å². The monoisotopic (exact) mass is 404 g/mol. The van der Waals surface area contributed by atoms with Gasteiger partial charge in [-0.15, -0.1) is 10.2 Å². The third-order valence-electron chi connectivity index (χ3n) is 4.03. The van der Waals surface area contributed by atoms with E-state index in [9.17, 15) is 13.6 Å². The van der Waals surface area contributed by atoms with Gasteiger partial charge in [0.2, 0.25) is 5.89 Å². The van der Waals surface area contributed by atoms with Crippen LogP contribution in [0.3, 0.4) is 0 Å². The van der Waals surface area contributed by atoms with E-state index in [4.69, 9.17) is 4.42 Å². The zero-order valence-electron chi connectivity index (χ0n) is 15.3. The minimum Gasteiger partial charge on any atom is -0.435 e. The van der Waals surface area contributed by atoms with Gasteiger partial charge in [-0.25, -0.2) is 0 Å². The molecule has 3 rings (SSSR count). The Balaban J connectivity index is 1.65. The summed E-state index contributed by atoms with van der Waals surface area (Å²) in [6, 6.07) is 13.4. The Hall–Kier alpha value is -2.74. The van der Waals surface area contributed by atoms with Crippen LogP contribution in [0.25, 0.3) is 11.5 Å². The summed E-state index contributed by atoms with van der Waals surface area (Å²) in [5, 5.41) is 7.75. The molecule has 3 aromatic rings. The lowest BCUT2D eigenvalue weighted by atomic mass is 10.1. The Morgan fingerprint density at radius 2 is 1.79 bits per heavy atom. The van der Waals surface area contributed by atoms with Gasteiger partial charge in [-0.2, -0.15) is 8.78 Å². The molecular formula is C20H18F2N2O3S. The predicted molar refractivity (Wildman–Crippen MR) is 102 cm³/mol. The molecule has 1 unspecified atom stereocenters. The number of halogens is 2. The Labute approximate surface area is 165 Å². The van der Waals surface area contributed by atoms with E-state index in [1.807, 2.05) is 24.3 Å². The number of hydrogen-bond acceptors (Lipinski definition) is 6. The number of nitrogens with zero attached hydrogens (tertiary/aromatic N) is 2. The second-order valence-electron chi connectivity index (χ2n) is 5.95. The van der Waals surface area contributed by atoms with Crippen LogP contribution in [0.5, 0.6) is 5.75 Å². The molecule has 0 aliphatic carbocycles. The SMILES string of the molecule is CCc1ccc(C(=O)C(C)Sc2nnc(-c3ccc(OC(F)F)cc3)o2)cc1. The second kappa shape index (κ2) is 8.97. The average Bonchev–Trinajstić information content (AvgIpc) is 3.16. The first-order valence-corrected chi connectivity index (χ1v) is 9.52. The Morgan fingerprint density at radius 3 is 2.39 bits per heavy atom. The van der Waals surface area contributed by atoms with Crippen molar-refractivity contribution in [3.63, 3.8) is 0 Å². The van der Waals surface area contributed by atoms with Crippen LogP contribution in [-0.4, -0.2) is 27.8 Å². The van der Waals surface area contributed by atoms with E-state index >= 15 is 0 Å². The molecule has 0 saturated carbocycles. The zero-order valence-corrected chi connectivity index (χ0v) is 16.1. The lowest BCUT2D eigenvalue weighted by Crippen LogP contribution is -2.13. The molecule has 0 bridgehead atoms. The largest absolute Gasteiger partial charge is 0.435 e. The van der Waals surface area contributed by atoms with Crippen molar-refractivity contribution < 1.29 is 22.7 Å². The molecular weight excluding hydrogens is 386 g/mol. The zero-order chi connectivity index (χ0) is 20.1. The molecule has 0 radical (unpaired) electrons. The highest BCUT2D eigenvalue weighted by Crippen LogP contribution is 2.28. The molecule has 5 nitrogen and oxygen atoms in total. The van der Waals surface area contributed by atoms with Gasteiger partial charge in [0.25, 0.3) is 5.22 Å². The Kier molecular flexibility index (Phi) is 6.41. The van der Waals surface area contributed by atoms with Crippen LogP contribution in [-0.2, 0) is 6.42 Å². The van der Waals surface area contributed by atoms with Crippen molar-refractivity contribution >= 4 is 17.5 Å². The van der Waals surface area contributed by atoms with E-state index in [-0.39, 0.29) is 22.6 Å². The van der Waals surface area contributed by atoms with Crippen molar-refractivity contribution in [2.24, 2.45) is 0 Å². The number of aryl methyl sites for hydroxylation is 1. The van der Waals surface area contributed by atoms with Gasteiger partial charge in [-0.3, -0.25) is 4.79 Å². The molecule has 0 aliphatic heterocycles. The summed E-state index contributed by atoms with van der Waals surface area (Å²) < 4.78 is 34.3. The highest BCUT2D eigenvalue weighted by atomic mass is 32.2. The number of hydrogen-bond donors (Lipinski definition) is 0. The number of aromatic nitrogens is 2. The number of thioether (sulfide) groups is 1. The summed E-state index contributed by atoms with van der Waals surface area (Å²) in [4.78, 5) is 12.6. The van der Waals surface area contributed by atoms with Crippen LogP contribution in [0.15, 0.2) is 58.2 Å². The van der Waals surface area contributed by atoms with Crippen molar-refractivity contribution in [1.29, 1.82) is 0 Å². The molecule has 0 aliphatic rings. The fraction of sp³-hybridized carbons (Fsp3) is 0.250.